The third-order valence-corrected chi connectivity index (χ3v) is 3.00. The molecule has 0 saturated heterocycles. The molecule has 0 spiro atoms. The second kappa shape index (κ2) is 3.55. The van der Waals surface area contributed by atoms with E-state index >= 15 is 0 Å². The Hall–Kier alpha value is -1.74. The van der Waals surface area contributed by atoms with E-state index in [4.69, 9.17) is 16.1 Å². The van der Waals surface area contributed by atoms with E-state index in [0.29, 0.717) is 5.00 Å². The fraction of sp³-hybridized carbons (Fsp3) is 0.250. The van der Waals surface area contributed by atoms with Gasteiger partial charge in [-0.15, -0.1) is 11.3 Å². The van der Waals surface area contributed by atoms with E-state index in [1.807, 2.05) is 6.07 Å². The molecule has 6 heteroatoms. The standard InChI is InChI=1S/C8H9N3O2S/c1-11(2)7-4(3-9)5(10)6(14-7)8(12)13/h10H2,1-2H3,(H,12,13). The van der Waals surface area contributed by atoms with Crippen LogP contribution in [-0.4, -0.2) is 25.2 Å². The first-order valence-corrected chi connectivity index (χ1v) is 4.53. The number of rotatable bonds is 2. The molecule has 1 aromatic heterocycles. The molecular formula is C8H9N3O2S. The van der Waals surface area contributed by atoms with Crippen LogP contribution in [-0.2, 0) is 0 Å². The summed E-state index contributed by atoms with van der Waals surface area (Å²) >= 11 is 1.01. The van der Waals surface area contributed by atoms with Crippen LogP contribution in [0.15, 0.2) is 0 Å². The van der Waals surface area contributed by atoms with Gasteiger partial charge in [-0.25, -0.2) is 4.79 Å². The summed E-state index contributed by atoms with van der Waals surface area (Å²) in [6.07, 6.45) is 0. The Balaban J connectivity index is 3.41. The van der Waals surface area contributed by atoms with E-state index in [1.54, 1.807) is 19.0 Å². The van der Waals surface area contributed by atoms with Gasteiger partial charge in [0.15, 0.2) is 0 Å². The van der Waals surface area contributed by atoms with Crippen molar-refractivity contribution < 1.29 is 9.90 Å². The number of hydrogen-bond acceptors (Lipinski definition) is 5. The van der Waals surface area contributed by atoms with Crippen LogP contribution in [0.5, 0.6) is 0 Å². The largest absolute Gasteiger partial charge is 0.477 e. The van der Waals surface area contributed by atoms with E-state index < -0.39 is 5.97 Å². The van der Waals surface area contributed by atoms with E-state index in [2.05, 4.69) is 0 Å². The lowest BCUT2D eigenvalue weighted by Gasteiger charge is -2.08. The van der Waals surface area contributed by atoms with Crippen molar-refractivity contribution in [2.24, 2.45) is 0 Å². The lowest BCUT2D eigenvalue weighted by Crippen LogP contribution is -2.08. The summed E-state index contributed by atoms with van der Waals surface area (Å²) in [7, 11) is 3.47. The second-order valence-corrected chi connectivity index (χ2v) is 3.84. The van der Waals surface area contributed by atoms with Crippen LogP contribution in [0.25, 0.3) is 0 Å². The van der Waals surface area contributed by atoms with E-state index in [-0.39, 0.29) is 16.1 Å². The molecule has 0 amide bonds. The molecule has 74 valence electrons. The third-order valence-electron chi connectivity index (χ3n) is 1.64. The third kappa shape index (κ3) is 1.49. The summed E-state index contributed by atoms with van der Waals surface area (Å²) in [4.78, 5) is 12.4. The molecule has 1 rings (SSSR count). The molecule has 14 heavy (non-hydrogen) atoms. The highest BCUT2D eigenvalue weighted by Crippen LogP contribution is 2.36. The van der Waals surface area contributed by atoms with Gasteiger partial charge in [0.2, 0.25) is 0 Å². The Bertz CT molecular complexity index is 417. The first kappa shape index (κ1) is 10.3. The van der Waals surface area contributed by atoms with Gasteiger partial charge < -0.3 is 15.7 Å². The van der Waals surface area contributed by atoms with Crippen molar-refractivity contribution in [2.45, 2.75) is 0 Å². The van der Waals surface area contributed by atoms with Crippen molar-refractivity contribution in [3.63, 3.8) is 0 Å². The normalized spacial score (nSPS) is 9.50. The molecule has 0 radical (unpaired) electrons. The van der Waals surface area contributed by atoms with Crippen LogP contribution in [0.2, 0.25) is 0 Å². The zero-order valence-corrected chi connectivity index (χ0v) is 8.55. The Morgan fingerprint density at radius 3 is 2.50 bits per heavy atom. The maximum Gasteiger partial charge on any atom is 0.348 e. The summed E-state index contributed by atoms with van der Waals surface area (Å²) < 4.78 is 0. The number of thiophene rings is 1. The predicted octanol–water partition coefficient (Wildman–Crippen LogP) is 0.966. The van der Waals surface area contributed by atoms with Crippen molar-refractivity contribution in [2.75, 3.05) is 24.7 Å². The van der Waals surface area contributed by atoms with Gasteiger partial charge >= 0.3 is 5.97 Å². The fourth-order valence-electron chi connectivity index (χ4n) is 1.01. The lowest BCUT2D eigenvalue weighted by molar-refractivity contribution is 0.0703. The van der Waals surface area contributed by atoms with Crippen molar-refractivity contribution >= 4 is 28.0 Å². The zero-order valence-electron chi connectivity index (χ0n) is 7.74. The van der Waals surface area contributed by atoms with Gasteiger partial charge in [-0.2, -0.15) is 5.26 Å². The molecule has 0 aliphatic heterocycles. The van der Waals surface area contributed by atoms with Crippen molar-refractivity contribution in [3.8, 4) is 6.07 Å². The maximum absolute atomic E-state index is 10.7. The van der Waals surface area contributed by atoms with Gasteiger partial charge in [0.25, 0.3) is 0 Å². The summed E-state index contributed by atoms with van der Waals surface area (Å²) in [5.74, 6) is -1.10. The number of nitriles is 1. The minimum atomic E-state index is -1.10. The second-order valence-electron chi connectivity index (χ2n) is 2.84. The van der Waals surface area contributed by atoms with Gasteiger partial charge in [-0.3, -0.25) is 0 Å². The predicted molar refractivity (Wildman–Crippen MR) is 54.7 cm³/mol. The van der Waals surface area contributed by atoms with Gasteiger partial charge in [-0.05, 0) is 0 Å². The molecule has 0 aliphatic carbocycles. The maximum atomic E-state index is 10.7. The van der Waals surface area contributed by atoms with Crippen molar-refractivity contribution in [3.05, 3.63) is 10.4 Å². The van der Waals surface area contributed by atoms with Gasteiger partial charge in [0.05, 0.1) is 5.69 Å². The number of nitrogens with zero attached hydrogens (tertiary/aromatic N) is 2. The number of aromatic carboxylic acids is 1. The molecule has 0 bridgehead atoms. The number of nitrogens with two attached hydrogens (primary N) is 1. The van der Waals surface area contributed by atoms with Gasteiger partial charge in [0.1, 0.15) is 21.5 Å². The quantitative estimate of drug-likeness (QED) is 0.760. The summed E-state index contributed by atoms with van der Waals surface area (Å²) in [6.45, 7) is 0. The molecule has 1 heterocycles. The summed E-state index contributed by atoms with van der Waals surface area (Å²) in [5, 5.41) is 18.2. The molecule has 0 unspecified atom stereocenters. The van der Waals surface area contributed by atoms with Gasteiger partial charge in [0, 0.05) is 14.1 Å². The van der Waals surface area contributed by atoms with Crippen molar-refractivity contribution in [1.29, 1.82) is 5.26 Å². The van der Waals surface area contributed by atoms with Crippen molar-refractivity contribution in [1.82, 2.24) is 0 Å². The Kier molecular flexibility index (Phi) is 2.63. The number of carbonyl (C=O) groups is 1. The molecule has 1 aromatic rings. The number of carboxylic acids is 1. The highest BCUT2D eigenvalue weighted by atomic mass is 32.1. The van der Waals surface area contributed by atoms with Crippen LogP contribution < -0.4 is 10.6 Å². The molecular weight excluding hydrogens is 202 g/mol. The SMILES string of the molecule is CN(C)c1sc(C(=O)O)c(N)c1C#N. The highest BCUT2D eigenvalue weighted by molar-refractivity contribution is 7.18. The zero-order chi connectivity index (χ0) is 10.9. The average Bonchev–Trinajstić information content (AvgIpc) is 2.42. The summed E-state index contributed by atoms with van der Waals surface area (Å²) in [6, 6.07) is 1.90. The number of carboxylic acid groups (broad SMARTS) is 1. The smallest absolute Gasteiger partial charge is 0.348 e. The molecule has 0 fully saturated rings. The van der Waals surface area contributed by atoms with Crippen LogP contribution in [0.1, 0.15) is 15.2 Å². The van der Waals surface area contributed by atoms with E-state index in [1.165, 1.54) is 0 Å². The first-order chi connectivity index (χ1) is 6.49. The Morgan fingerprint density at radius 2 is 2.21 bits per heavy atom. The minimum absolute atomic E-state index is 0.0188. The molecule has 0 aliphatic rings. The highest BCUT2D eigenvalue weighted by Gasteiger charge is 2.21. The Morgan fingerprint density at radius 1 is 1.64 bits per heavy atom. The number of hydrogen-bond donors (Lipinski definition) is 2. The molecule has 0 aromatic carbocycles. The van der Waals surface area contributed by atoms with Gasteiger partial charge in [-0.1, -0.05) is 0 Å². The molecule has 0 atom stereocenters. The van der Waals surface area contributed by atoms with E-state index in [9.17, 15) is 4.79 Å². The monoisotopic (exact) mass is 211 g/mol. The Labute approximate surface area is 85.0 Å². The minimum Gasteiger partial charge on any atom is -0.477 e. The average molecular weight is 211 g/mol. The van der Waals surface area contributed by atoms with Crippen LogP contribution >= 0.6 is 11.3 Å². The number of nitrogen functional groups attached to an aromatic ring is 1. The fourth-order valence-corrected chi connectivity index (χ4v) is 1.95. The van der Waals surface area contributed by atoms with Crippen LogP contribution in [0.4, 0.5) is 10.7 Å². The molecule has 3 N–H and O–H groups in total. The number of anilines is 2. The molecule has 5 nitrogen and oxygen atoms in total. The van der Waals surface area contributed by atoms with E-state index in [0.717, 1.165) is 11.3 Å². The van der Waals surface area contributed by atoms with Crippen LogP contribution in [0.3, 0.4) is 0 Å². The lowest BCUT2D eigenvalue weighted by atomic mass is 10.2. The molecule has 0 saturated carbocycles. The first-order valence-electron chi connectivity index (χ1n) is 3.72. The summed E-state index contributed by atoms with van der Waals surface area (Å²) in [5.41, 5.74) is 5.82. The van der Waals surface area contributed by atoms with Crippen LogP contribution in [0, 0.1) is 11.3 Å². The topological polar surface area (TPSA) is 90.3 Å².